The number of nitrogens with two attached hydrogens (primary N) is 1. The van der Waals surface area contributed by atoms with Gasteiger partial charge >= 0.3 is 5.82 Å². The Hall–Kier alpha value is -1.60. The molecule has 0 atom stereocenters. The van der Waals surface area contributed by atoms with Crippen molar-refractivity contribution in [2.45, 2.75) is 31.2 Å². The van der Waals surface area contributed by atoms with Crippen LogP contribution in [-0.2, 0) is 0 Å². The largest absolute Gasteiger partial charge is 0.358 e. The van der Waals surface area contributed by atoms with Gasteiger partial charge in [0.25, 0.3) is 5.91 Å². The number of amides is 1. The van der Waals surface area contributed by atoms with E-state index in [0.29, 0.717) is 6.54 Å². The molecule has 0 saturated heterocycles. The minimum Gasteiger partial charge on any atom is -0.358 e. The Morgan fingerprint density at radius 1 is 1.47 bits per heavy atom. The molecule has 1 aromatic rings. The van der Waals surface area contributed by atoms with E-state index >= 15 is 0 Å². The molecule has 0 aromatic carbocycles. The van der Waals surface area contributed by atoms with E-state index in [0.717, 1.165) is 25.7 Å². The van der Waals surface area contributed by atoms with Gasteiger partial charge in [-0.05, 0) is 23.8 Å². The number of hydrogen-bond acceptors (Lipinski definition) is 4. The number of nitro groups is 1. The molecule has 1 aliphatic rings. The minimum atomic E-state index is -0.564. The van der Waals surface area contributed by atoms with Crippen LogP contribution in [0.15, 0.2) is 12.1 Å². The zero-order chi connectivity index (χ0) is 13.2. The van der Waals surface area contributed by atoms with Crippen LogP contribution in [0.2, 0.25) is 0 Å². The van der Waals surface area contributed by atoms with Gasteiger partial charge in [0.1, 0.15) is 0 Å². The summed E-state index contributed by atoms with van der Waals surface area (Å²) in [7, 11) is 0. The highest BCUT2D eigenvalue weighted by Crippen LogP contribution is 2.29. The molecule has 0 radical (unpaired) electrons. The van der Waals surface area contributed by atoms with Crippen molar-refractivity contribution in [2.75, 3.05) is 6.54 Å². The van der Waals surface area contributed by atoms with Crippen LogP contribution in [0.25, 0.3) is 0 Å². The highest BCUT2D eigenvalue weighted by molar-refractivity contribution is 5.93. The SMILES string of the molecule is Cl.NCC1(NC(=O)c2ccc([N+](=O)[O-])[nH]2)CCCC1. The summed E-state index contributed by atoms with van der Waals surface area (Å²) in [6.45, 7) is 0.390. The zero-order valence-corrected chi connectivity index (χ0v) is 11.2. The summed E-state index contributed by atoms with van der Waals surface area (Å²) < 4.78 is 0. The standard InChI is InChI=1S/C11H16N4O3.ClH/c12-7-11(5-1-2-6-11)14-10(16)8-3-4-9(13-8)15(17)18;/h3-4,13H,1-2,5-7,12H2,(H,14,16);1H. The van der Waals surface area contributed by atoms with Gasteiger partial charge in [0, 0.05) is 12.6 Å². The number of aromatic nitrogens is 1. The van der Waals surface area contributed by atoms with Crippen molar-refractivity contribution < 1.29 is 9.72 Å². The van der Waals surface area contributed by atoms with Crippen molar-refractivity contribution in [1.82, 2.24) is 10.3 Å². The number of nitrogens with zero attached hydrogens (tertiary/aromatic N) is 1. The van der Waals surface area contributed by atoms with Crippen molar-refractivity contribution in [3.63, 3.8) is 0 Å². The molecule has 0 aliphatic heterocycles. The average molecular weight is 289 g/mol. The molecule has 0 bridgehead atoms. The first-order chi connectivity index (χ1) is 8.56. The van der Waals surface area contributed by atoms with Crippen LogP contribution in [0.3, 0.4) is 0 Å². The van der Waals surface area contributed by atoms with Crippen molar-refractivity contribution in [3.8, 4) is 0 Å². The lowest BCUT2D eigenvalue weighted by Gasteiger charge is -2.27. The monoisotopic (exact) mass is 288 g/mol. The number of halogens is 1. The molecule has 106 valence electrons. The van der Waals surface area contributed by atoms with Crippen LogP contribution in [0, 0.1) is 10.1 Å². The Balaban J connectivity index is 0.00000180. The molecule has 8 heteroatoms. The van der Waals surface area contributed by atoms with Gasteiger partial charge < -0.3 is 21.2 Å². The van der Waals surface area contributed by atoms with Crippen LogP contribution in [0.4, 0.5) is 5.82 Å². The van der Waals surface area contributed by atoms with E-state index in [-0.39, 0.29) is 35.4 Å². The maximum Gasteiger partial charge on any atom is 0.321 e. The summed E-state index contributed by atoms with van der Waals surface area (Å²) in [5.74, 6) is -0.524. The second kappa shape index (κ2) is 6.03. The van der Waals surface area contributed by atoms with Gasteiger partial charge in [0.15, 0.2) is 5.69 Å². The molecule has 0 spiro atoms. The van der Waals surface area contributed by atoms with E-state index < -0.39 is 4.92 Å². The number of H-pyrrole nitrogens is 1. The smallest absolute Gasteiger partial charge is 0.321 e. The number of carbonyl (C=O) groups excluding carboxylic acids is 1. The third kappa shape index (κ3) is 3.24. The molecule has 1 saturated carbocycles. The molecule has 7 nitrogen and oxygen atoms in total. The molecule has 0 unspecified atom stereocenters. The Bertz CT molecular complexity index is 468. The van der Waals surface area contributed by atoms with E-state index in [4.69, 9.17) is 5.73 Å². The third-order valence-corrected chi connectivity index (χ3v) is 3.44. The first kappa shape index (κ1) is 15.5. The molecule has 1 fully saturated rings. The maximum absolute atomic E-state index is 12.0. The highest BCUT2D eigenvalue weighted by atomic mass is 35.5. The van der Waals surface area contributed by atoms with Crippen LogP contribution in [-0.4, -0.2) is 27.9 Å². The van der Waals surface area contributed by atoms with Crippen LogP contribution < -0.4 is 11.1 Å². The molecule has 1 aliphatic carbocycles. The quantitative estimate of drug-likeness (QED) is 0.573. The second-order valence-corrected chi connectivity index (χ2v) is 4.66. The van der Waals surface area contributed by atoms with Crippen molar-refractivity contribution in [2.24, 2.45) is 5.73 Å². The highest BCUT2D eigenvalue weighted by Gasteiger charge is 2.35. The molecule has 1 aromatic heterocycles. The fraction of sp³-hybridized carbons (Fsp3) is 0.545. The fourth-order valence-corrected chi connectivity index (χ4v) is 2.36. The molecular weight excluding hydrogens is 272 g/mol. The summed E-state index contributed by atoms with van der Waals surface area (Å²) in [6, 6.07) is 2.69. The molecule has 1 heterocycles. The Morgan fingerprint density at radius 3 is 2.58 bits per heavy atom. The zero-order valence-electron chi connectivity index (χ0n) is 10.3. The molecule has 2 rings (SSSR count). The molecular formula is C11H17ClN4O3. The lowest BCUT2D eigenvalue weighted by atomic mass is 9.97. The van der Waals surface area contributed by atoms with E-state index in [2.05, 4.69) is 10.3 Å². The van der Waals surface area contributed by atoms with Gasteiger partial charge in [0.05, 0.1) is 5.54 Å². The topological polar surface area (TPSA) is 114 Å². The number of nitrogens with one attached hydrogen (secondary N) is 2. The Morgan fingerprint density at radius 2 is 2.11 bits per heavy atom. The lowest BCUT2D eigenvalue weighted by molar-refractivity contribution is -0.389. The maximum atomic E-state index is 12.0. The van der Waals surface area contributed by atoms with Gasteiger partial charge in [-0.1, -0.05) is 12.8 Å². The number of aromatic amines is 1. The van der Waals surface area contributed by atoms with Gasteiger partial charge in [-0.25, -0.2) is 4.98 Å². The van der Waals surface area contributed by atoms with Crippen LogP contribution >= 0.6 is 12.4 Å². The van der Waals surface area contributed by atoms with Crippen molar-refractivity contribution in [1.29, 1.82) is 0 Å². The van der Waals surface area contributed by atoms with Gasteiger partial charge in [0.2, 0.25) is 0 Å². The first-order valence-corrected chi connectivity index (χ1v) is 5.92. The van der Waals surface area contributed by atoms with E-state index in [1.807, 2.05) is 0 Å². The van der Waals surface area contributed by atoms with E-state index in [1.54, 1.807) is 0 Å². The summed E-state index contributed by atoms with van der Waals surface area (Å²) in [5.41, 5.74) is 5.56. The van der Waals surface area contributed by atoms with Crippen LogP contribution in [0.1, 0.15) is 36.2 Å². The Labute approximate surface area is 116 Å². The predicted octanol–water partition coefficient (Wildman–Crippen LogP) is 1.35. The van der Waals surface area contributed by atoms with Gasteiger partial charge in [-0.2, -0.15) is 0 Å². The number of hydrogen-bond donors (Lipinski definition) is 3. The summed E-state index contributed by atoms with van der Waals surface area (Å²) in [5, 5.41) is 13.4. The minimum absolute atomic E-state index is 0. The lowest BCUT2D eigenvalue weighted by Crippen LogP contribution is -2.51. The van der Waals surface area contributed by atoms with Crippen molar-refractivity contribution in [3.05, 3.63) is 27.9 Å². The molecule has 19 heavy (non-hydrogen) atoms. The molecule has 4 N–H and O–H groups in total. The number of rotatable bonds is 4. The summed E-state index contributed by atoms with van der Waals surface area (Å²) in [6.07, 6.45) is 3.81. The van der Waals surface area contributed by atoms with E-state index in [1.165, 1.54) is 12.1 Å². The fourth-order valence-electron chi connectivity index (χ4n) is 2.36. The average Bonchev–Trinajstić information content (AvgIpc) is 2.98. The number of carbonyl (C=O) groups is 1. The van der Waals surface area contributed by atoms with Crippen molar-refractivity contribution >= 4 is 24.1 Å². The third-order valence-electron chi connectivity index (χ3n) is 3.44. The second-order valence-electron chi connectivity index (χ2n) is 4.66. The van der Waals surface area contributed by atoms with E-state index in [9.17, 15) is 14.9 Å². The molecule has 1 amide bonds. The van der Waals surface area contributed by atoms with Crippen LogP contribution in [0.5, 0.6) is 0 Å². The first-order valence-electron chi connectivity index (χ1n) is 5.92. The normalized spacial score (nSPS) is 16.7. The van der Waals surface area contributed by atoms with Gasteiger partial charge in [-0.15, -0.1) is 12.4 Å². The van der Waals surface area contributed by atoms with Gasteiger partial charge in [-0.3, -0.25) is 4.79 Å². The summed E-state index contributed by atoms with van der Waals surface area (Å²) >= 11 is 0. The predicted molar refractivity (Wildman–Crippen MR) is 72.4 cm³/mol. The Kier molecular flexibility index (Phi) is 4.90. The summed E-state index contributed by atoms with van der Waals surface area (Å²) in [4.78, 5) is 24.4.